The molecule has 1 fully saturated rings. The van der Waals surface area contributed by atoms with Crippen LogP contribution >= 0.6 is 11.8 Å². The van der Waals surface area contributed by atoms with Crippen LogP contribution in [-0.2, 0) is 4.79 Å². The van der Waals surface area contributed by atoms with E-state index in [1.807, 2.05) is 45.7 Å². The average Bonchev–Trinajstić information content (AvgIpc) is 2.49. The van der Waals surface area contributed by atoms with E-state index >= 15 is 0 Å². The molecule has 0 aromatic carbocycles. The Kier molecular flexibility index (Phi) is 4.48. The topological polar surface area (TPSA) is 112 Å². The molecular formula is C17H19N4OS+. The highest BCUT2D eigenvalue weighted by molar-refractivity contribution is 8.03. The third-order valence-corrected chi connectivity index (χ3v) is 6.52. The highest BCUT2D eigenvalue weighted by Gasteiger charge is 2.76. The van der Waals surface area contributed by atoms with Crippen LogP contribution in [0, 0.1) is 60.9 Å². The quantitative estimate of drug-likeness (QED) is 0.483. The van der Waals surface area contributed by atoms with Gasteiger partial charge in [0.2, 0.25) is 11.2 Å². The number of nitrogens with zero attached hydrogens (tertiary/aromatic N) is 3. The van der Waals surface area contributed by atoms with Crippen molar-refractivity contribution in [2.75, 3.05) is 0 Å². The van der Waals surface area contributed by atoms with E-state index in [0.717, 1.165) is 5.25 Å². The number of nitriles is 3. The molecule has 0 atom stereocenters. The van der Waals surface area contributed by atoms with Crippen molar-refractivity contribution in [3.05, 3.63) is 10.8 Å². The molecule has 6 heteroatoms. The zero-order valence-electron chi connectivity index (χ0n) is 14.2. The molecule has 0 unspecified atom stereocenters. The monoisotopic (exact) mass is 327 g/mol. The Bertz CT molecular complexity index is 689. The number of hydrogen-bond donors (Lipinski definition) is 1. The van der Waals surface area contributed by atoms with Crippen molar-refractivity contribution in [3.63, 3.8) is 0 Å². The smallest absolute Gasteiger partial charge is 0.234 e. The molecule has 0 spiro atoms. The van der Waals surface area contributed by atoms with E-state index in [0.29, 0.717) is 0 Å². The van der Waals surface area contributed by atoms with Crippen molar-refractivity contribution >= 4 is 23.4 Å². The lowest BCUT2D eigenvalue weighted by Crippen LogP contribution is -2.59. The summed E-state index contributed by atoms with van der Waals surface area (Å²) < 4.78 is -1.03. The maximum Gasteiger partial charge on any atom is 0.234 e. The van der Waals surface area contributed by atoms with Crippen molar-refractivity contribution < 1.29 is 4.79 Å². The van der Waals surface area contributed by atoms with Gasteiger partial charge >= 0.3 is 0 Å². The number of carbonyl (C=O) groups is 1. The minimum Gasteiger partial charge on any atom is -0.289 e. The van der Waals surface area contributed by atoms with E-state index in [9.17, 15) is 20.6 Å². The summed E-state index contributed by atoms with van der Waals surface area (Å²) in [5.74, 6) is 2.03. The van der Waals surface area contributed by atoms with Crippen LogP contribution in [0.4, 0.5) is 0 Å². The number of ketones is 1. The van der Waals surface area contributed by atoms with Crippen LogP contribution in [0.25, 0.3) is 0 Å². The molecule has 1 N–H and O–H groups in total. The van der Waals surface area contributed by atoms with Gasteiger partial charge in [-0.1, -0.05) is 0 Å². The summed E-state index contributed by atoms with van der Waals surface area (Å²) in [4.78, 5) is 12.3. The van der Waals surface area contributed by atoms with Gasteiger partial charge in [0.25, 0.3) is 0 Å². The Morgan fingerprint density at radius 2 is 1.57 bits per heavy atom. The van der Waals surface area contributed by atoms with Crippen molar-refractivity contribution in [1.29, 1.82) is 21.2 Å². The zero-order chi connectivity index (χ0) is 18.3. The highest BCUT2D eigenvalue weighted by atomic mass is 32.2. The van der Waals surface area contributed by atoms with Crippen LogP contribution in [0.15, 0.2) is 5.57 Å². The number of carbonyl (C=O) groups excluding carboxylic acids is 1. The molecule has 0 bridgehead atoms. The van der Waals surface area contributed by atoms with Crippen LogP contribution in [-0.4, -0.2) is 16.4 Å². The van der Waals surface area contributed by atoms with E-state index in [-0.39, 0.29) is 11.4 Å². The summed E-state index contributed by atoms with van der Waals surface area (Å²) >= 11 is 1.28. The fraction of sp³-hybridized carbons (Fsp3) is 0.588. The van der Waals surface area contributed by atoms with Crippen LogP contribution in [0.3, 0.4) is 0 Å². The van der Waals surface area contributed by atoms with Crippen LogP contribution in [0.2, 0.25) is 0 Å². The van der Waals surface area contributed by atoms with E-state index < -0.39 is 21.0 Å². The number of hydrogen-bond acceptors (Lipinski definition) is 6. The number of nitrogens with one attached hydrogen (secondary N) is 1. The highest BCUT2D eigenvalue weighted by Crippen LogP contribution is 2.66. The normalized spacial score (nSPS) is 18.7. The summed E-state index contributed by atoms with van der Waals surface area (Å²) in [6.07, 6.45) is 0. The molecular weight excluding hydrogens is 308 g/mol. The molecule has 1 aliphatic carbocycles. The van der Waals surface area contributed by atoms with Crippen molar-refractivity contribution in [2.45, 2.75) is 46.3 Å². The first-order valence-corrected chi connectivity index (χ1v) is 7.85. The molecule has 0 aromatic heterocycles. The number of thioether (sulfide) groups is 1. The van der Waals surface area contributed by atoms with E-state index in [4.69, 9.17) is 5.41 Å². The molecule has 0 radical (unpaired) electrons. The van der Waals surface area contributed by atoms with Gasteiger partial charge in [0.15, 0.2) is 16.1 Å². The second kappa shape index (κ2) is 5.47. The van der Waals surface area contributed by atoms with Gasteiger partial charge in [0.1, 0.15) is 11.6 Å². The summed E-state index contributed by atoms with van der Waals surface area (Å²) in [6, 6.07) is 5.55. The van der Waals surface area contributed by atoms with Crippen molar-refractivity contribution in [2.24, 2.45) is 16.2 Å². The molecule has 118 valence electrons. The van der Waals surface area contributed by atoms with Crippen LogP contribution < -0.4 is 0 Å². The molecule has 0 aliphatic heterocycles. The number of rotatable bonds is 4. The summed E-state index contributed by atoms with van der Waals surface area (Å²) in [7, 11) is 0. The molecule has 0 amide bonds. The Balaban J connectivity index is 3.40. The first kappa shape index (κ1) is 18.9. The van der Waals surface area contributed by atoms with Gasteiger partial charge in [-0.05, 0) is 47.4 Å². The van der Waals surface area contributed by atoms with Gasteiger partial charge in [-0.25, -0.2) is 0 Å². The molecule has 1 aliphatic rings. The van der Waals surface area contributed by atoms with Gasteiger partial charge < -0.3 is 0 Å². The Morgan fingerprint density at radius 1 is 1.13 bits per heavy atom. The molecule has 23 heavy (non-hydrogen) atoms. The first-order valence-electron chi connectivity index (χ1n) is 7.03. The van der Waals surface area contributed by atoms with Crippen molar-refractivity contribution in [1.82, 2.24) is 0 Å². The molecule has 0 aromatic rings. The maximum atomic E-state index is 12.3. The predicted molar refractivity (Wildman–Crippen MR) is 88.0 cm³/mol. The van der Waals surface area contributed by atoms with E-state index in [1.165, 1.54) is 11.8 Å². The molecule has 1 saturated carbocycles. The van der Waals surface area contributed by atoms with Crippen molar-refractivity contribution in [3.8, 4) is 18.2 Å². The van der Waals surface area contributed by atoms with E-state index in [1.54, 1.807) is 19.9 Å². The standard InChI is InChI=1S/C17H19N4OS/c1-14(2)12(22)15(3,4)13(14)23-16(5,6)17(9-20,10-21)11(7-18)8-19/h18H,1-6H3/q+1. The van der Waals surface area contributed by atoms with E-state index in [2.05, 4.69) is 0 Å². The van der Waals surface area contributed by atoms with Gasteiger partial charge in [-0.2, -0.15) is 15.8 Å². The third kappa shape index (κ3) is 2.34. The zero-order valence-corrected chi connectivity index (χ0v) is 15.0. The third-order valence-electron chi connectivity index (χ3n) is 4.48. The molecule has 0 saturated heterocycles. The lowest BCUT2D eigenvalue weighted by molar-refractivity contribution is -0.143. The molecule has 5 nitrogen and oxygen atoms in total. The minimum atomic E-state index is -1.81. The summed E-state index contributed by atoms with van der Waals surface area (Å²) in [5.41, 5.74) is -3.43. The lowest BCUT2D eigenvalue weighted by Gasteiger charge is -2.46. The fourth-order valence-corrected chi connectivity index (χ4v) is 4.76. The summed E-state index contributed by atoms with van der Waals surface area (Å²) in [5, 5.41) is 36.5. The minimum absolute atomic E-state index is 0.103. The number of allylic oxidation sites excluding steroid dienone is 1. The first-order chi connectivity index (χ1) is 10.4. The van der Waals surface area contributed by atoms with Gasteiger partial charge in [0.05, 0.1) is 28.6 Å². The molecule has 1 rings (SSSR count). The maximum absolute atomic E-state index is 12.3. The second-order valence-corrected chi connectivity index (χ2v) is 8.74. The largest absolute Gasteiger partial charge is 0.289 e. The Morgan fingerprint density at radius 3 is 1.87 bits per heavy atom. The SMILES string of the molecule is CC1(C)C(=O)C(C)(C)[C+]1SC(C)(C)C(C#N)(C#N)C(=C=N)C#N. The molecule has 0 heterocycles. The van der Waals surface area contributed by atoms with Gasteiger partial charge in [-0.3, -0.25) is 10.2 Å². The van der Waals surface area contributed by atoms with Crippen LogP contribution in [0.5, 0.6) is 0 Å². The second-order valence-electron chi connectivity index (χ2n) is 7.11. The summed E-state index contributed by atoms with van der Waals surface area (Å²) in [6.45, 7) is 10.6. The lowest BCUT2D eigenvalue weighted by atomic mass is 9.54. The Labute approximate surface area is 141 Å². The Hall–Kier alpha value is -2.19. The average molecular weight is 327 g/mol. The predicted octanol–water partition coefficient (Wildman–Crippen LogP) is 3.40. The number of Topliss-reactive ketones (excluding diaryl/α,β-unsaturated/α-hetero) is 1. The fourth-order valence-electron chi connectivity index (χ4n) is 3.21. The van der Waals surface area contributed by atoms with Gasteiger partial charge in [-0.15, -0.1) is 0 Å². The van der Waals surface area contributed by atoms with Crippen LogP contribution in [0.1, 0.15) is 41.5 Å². The van der Waals surface area contributed by atoms with Gasteiger partial charge in [0, 0.05) is 0 Å².